The van der Waals surface area contributed by atoms with Gasteiger partial charge in [0.15, 0.2) is 0 Å². The van der Waals surface area contributed by atoms with Crippen LogP contribution in [0.1, 0.15) is 43.9 Å². The molecular weight excluding hydrogens is 638 g/mol. The van der Waals surface area contributed by atoms with Crippen molar-refractivity contribution in [3.8, 4) is 0 Å². The fourth-order valence-corrected chi connectivity index (χ4v) is 6.14. The lowest BCUT2D eigenvalue weighted by Crippen LogP contribution is -2.52. The number of carbonyl (C=O) groups is 2. The number of hydrogen-bond donors (Lipinski definition) is 1. The molecule has 0 aliphatic carbocycles. The summed E-state index contributed by atoms with van der Waals surface area (Å²) < 4.78 is 69.9. The van der Waals surface area contributed by atoms with Crippen LogP contribution in [0.3, 0.4) is 0 Å². The first-order chi connectivity index (χ1) is 20.5. The Bertz CT molecular complexity index is 1570. The van der Waals surface area contributed by atoms with Crippen LogP contribution in [0, 0.1) is 12.8 Å². The van der Waals surface area contributed by atoms with Crippen molar-refractivity contribution in [3.05, 3.63) is 93.5 Å². The Morgan fingerprint density at radius 1 is 0.955 bits per heavy atom. The summed E-state index contributed by atoms with van der Waals surface area (Å²) in [6.45, 7) is 6.64. The maximum Gasteiger partial charge on any atom is 0.417 e. The zero-order chi connectivity index (χ0) is 32.8. The minimum atomic E-state index is -4.89. The van der Waals surface area contributed by atoms with Gasteiger partial charge in [0.2, 0.25) is 11.8 Å². The first-order valence-corrected chi connectivity index (χ1v) is 16.0. The summed E-state index contributed by atoms with van der Waals surface area (Å²) in [7, 11) is -4.57. The third-order valence-corrected chi connectivity index (χ3v) is 9.14. The van der Waals surface area contributed by atoms with Gasteiger partial charge in [0.25, 0.3) is 10.0 Å². The maximum absolute atomic E-state index is 14.1. The van der Waals surface area contributed by atoms with Gasteiger partial charge < -0.3 is 10.2 Å². The molecule has 0 aliphatic rings. The van der Waals surface area contributed by atoms with Crippen molar-refractivity contribution in [3.63, 3.8) is 0 Å². The van der Waals surface area contributed by atoms with Gasteiger partial charge >= 0.3 is 6.18 Å². The highest BCUT2D eigenvalue weighted by Crippen LogP contribution is 2.38. The molecule has 0 bridgehead atoms. The van der Waals surface area contributed by atoms with E-state index in [9.17, 15) is 31.2 Å². The highest BCUT2D eigenvalue weighted by Gasteiger charge is 2.37. The predicted octanol–water partition coefficient (Wildman–Crippen LogP) is 7.10. The van der Waals surface area contributed by atoms with Crippen molar-refractivity contribution in [2.45, 2.75) is 57.8 Å². The van der Waals surface area contributed by atoms with E-state index in [1.807, 2.05) is 13.8 Å². The summed E-state index contributed by atoms with van der Waals surface area (Å²) >= 11 is 11.8. The third-order valence-electron chi connectivity index (χ3n) is 6.77. The van der Waals surface area contributed by atoms with Crippen molar-refractivity contribution in [2.75, 3.05) is 17.4 Å². The van der Waals surface area contributed by atoms with Crippen LogP contribution in [0.4, 0.5) is 18.9 Å². The summed E-state index contributed by atoms with van der Waals surface area (Å²) in [6.07, 6.45) is -4.70. The Morgan fingerprint density at radius 3 is 2.11 bits per heavy atom. The van der Waals surface area contributed by atoms with Gasteiger partial charge in [-0.2, -0.15) is 13.2 Å². The molecule has 44 heavy (non-hydrogen) atoms. The number of sulfonamides is 1. The van der Waals surface area contributed by atoms with Crippen LogP contribution in [0.25, 0.3) is 0 Å². The second kappa shape index (κ2) is 14.7. The molecule has 7 nitrogen and oxygen atoms in total. The molecule has 0 fully saturated rings. The fourth-order valence-electron chi connectivity index (χ4n) is 4.38. The smallest absolute Gasteiger partial charge is 0.354 e. The second-order valence-corrected chi connectivity index (χ2v) is 13.4. The lowest BCUT2D eigenvalue weighted by atomic mass is 10.1. The monoisotopic (exact) mass is 671 g/mol. The predicted molar refractivity (Wildman–Crippen MR) is 166 cm³/mol. The van der Waals surface area contributed by atoms with Crippen LogP contribution in [-0.2, 0) is 32.3 Å². The molecule has 13 heteroatoms. The molecule has 2 amide bonds. The zero-order valence-electron chi connectivity index (χ0n) is 24.7. The molecule has 0 saturated heterocycles. The molecule has 0 aromatic heterocycles. The second-order valence-electron chi connectivity index (χ2n) is 10.7. The highest BCUT2D eigenvalue weighted by molar-refractivity contribution is 7.92. The van der Waals surface area contributed by atoms with Crippen molar-refractivity contribution in [1.82, 2.24) is 10.2 Å². The Balaban J connectivity index is 2.13. The molecule has 0 unspecified atom stereocenters. The Labute approximate surface area is 266 Å². The Hall–Kier alpha value is -3.28. The molecule has 0 saturated carbocycles. The summed E-state index contributed by atoms with van der Waals surface area (Å²) in [6, 6.07) is 13.9. The van der Waals surface area contributed by atoms with Crippen LogP contribution in [0.15, 0.2) is 71.6 Å². The lowest BCUT2D eigenvalue weighted by molar-refractivity contribution is -0.140. The van der Waals surface area contributed by atoms with Gasteiger partial charge in [-0.25, -0.2) is 8.42 Å². The molecule has 0 aliphatic heterocycles. The Kier molecular flexibility index (Phi) is 11.7. The Morgan fingerprint density at radius 2 is 1.57 bits per heavy atom. The summed E-state index contributed by atoms with van der Waals surface area (Å²) in [4.78, 5) is 28.4. The van der Waals surface area contributed by atoms with Gasteiger partial charge in [-0.15, -0.1) is 0 Å². The van der Waals surface area contributed by atoms with E-state index < -0.39 is 56.9 Å². The number of halogens is 5. The van der Waals surface area contributed by atoms with E-state index in [0.29, 0.717) is 27.5 Å². The van der Waals surface area contributed by atoms with Crippen LogP contribution >= 0.6 is 23.2 Å². The fraction of sp³-hybridized carbons (Fsp3) is 0.355. The molecule has 0 spiro atoms. The first kappa shape index (κ1) is 35.2. The maximum atomic E-state index is 14.1. The molecule has 0 heterocycles. The van der Waals surface area contributed by atoms with Crippen molar-refractivity contribution in [1.29, 1.82) is 0 Å². The number of rotatable bonds is 12. The molecule has 1 N–H and O–H groups in total. The topological polar surface area (TPSA) is 86.8 Å². The van der Waals surface area contributed by atoms with Crippen LogP contribution in [0.5, 0.6) is 0 Å². The lowest BCUT2D eigenvalue weighted by Gasteiger charge is -2.33. The highest BCUT2D eigenvalue weighted by atomic mass is 35.5. The largest absolute Gasteiger partial charge is 0.417 e. The van der Waals surface area contributed by atoms with Gasteiger partial charge in [-0.05, 0) is 67.3 Å². The van der Waals surface area contributed by atoms with Gasteiger partial charge in [-0.1, -0.05) is 73.8 Å². The summed E-state index contributed by atoms with van der Waals surface area (Å²) in [5.41, 5.74) is -0.313. The van der Waals surface area contributed by atoms with Crippen molar-refractivity contribution in [2.24, 2.45) is 5.92 Å². The van der Waals surface area contributed by atoms with E-state index in [2.05, 4.69) is 5.32 Å². The number of alkyl halides is 3. The SMILES string of the molecule is CC[C@@H](C(=O)NCC(C)C)N(Cc1ccc(Cl)cc1)C(=O)CN(c1ccc(Cl)c(C(F)(F)F)c1)S(=O)(=O)c1ccc(C)cc1. The van der Waals surface area contributed by atoms with E-state index in [0.717, 1.165) is 17.7 Å². The molecule has 3 aromatic rings. The molecule has 238 valence electrons. The standard InChI is InChI=1S/C31H34Cl2F3N3O4S/c1-5-28(30(41)37-17-20(2)3)38(18-22-8-10-23(32)11-9-22)29(40)19-39(44(42,43)25-13-6-21(4)7-14-25)24-12-15-27(33)26(16-24)31(34,35)36/h6-16,20,28H,5,17-19H2,1-4H3,(H,37,41)/t28-/m0/s1. The first-order valence-electron chi connectivity index (χ1n) is 13.8. The minimum absolute atomic E-state index is 0.0869. The van der Waals surface area contributed by atoms with Crippen LogP contribution in [-0.4, -0.2) is 44.3 Å². The number of carbonyl (C=O) groups excluding carboxylic acids is 2. The molecule has 3 aromatic carbocycles. The van der Waals surface area contributed by atoms with Crippen molar-refractivity contribution >= 4 is 50.7 Å². The van der Waals surface area contributed by atoms with Gasteiger partial charge in [0.05, 0.1) is 21.2 Å². The minimum Gasteiger partial charge on any atom is -0.354 e. The van der Waals surface area contributed by atoms with Crippen LogP contribution < -0.4 is 9.62 Å². The average molecular weight is 673 g/mol. The van der Waals surface area contributed by atoms with E-state index >= 15 is 0 Å². The summed E-state index contributed by atoms with van der Waals surface area (Å²) in [5.74, 6) is -1.12. The zero-order valence-corrected chi connectivity index (χ0v) is 27.0. The third kappa shape index (κ3) is 8.89. The van der Waals surface area contributed by atoms with Gasteiger partial charge in [0, 0.05) is 18.1 Å². The number of anilines is 1. The number of amides is 2. The average Bonchev–Trinajstić information content (AvgIpc) is 2.95. The number of nitrogens with zero attached hydrogens (tertiary/aromatic N) is 2. The van der Waals surface area contributed by atoms with Gasteiger partial charge in [-0.3, -0.25) is 13.9 Å². The number of hydrogen-bond acceptors (Lipinski definition) is 4. The number of aryl methyl sites for hydroxylation is 1. The van der Waals surface area contributed by atoms with Crippen LogP contribution in [0.2, 0.25) is 10.0 Å². The molecule has 3 rings (SSSR count). The molecule has 1 atom stereocenters. The normalized spacial score (nSPS) is 12.6. The van der Waals surface area contributed by atoms with E-state index in [4.69, 9.17) is 23.2 Å². The van der Waals surface area contributed by atoms with Gasteiger partial charge in [0.1, 0.15) is 12.6 Å². The van der Waals surface area contributed by atoms with E-state index in [1.54, 1.807) is 38.1 Å². The summed E-state index contributed by atoms with van der Waals surface area (Å²) in [5, 5.41) is 2.64. The molecular formula is C31H34Cl2F3N3O4S. The number of benzene rings is 3. The quantitative estimate of drug-likeness (QED) is 0.223. The number of nitrogens with one attached hydrogen (secondary N) is 1. The van der Waals surface area contributed by atoms with E-state index in [1.165, 1.54) is 29.2 Å². The van der Waals surface area contributed by atoms with E-state index in [-0.39, 0.29) is 23.8 Å². The molecule has 0 radical (unpaired) electrons. The van der Waals surface area contributed by atoms with Crippen molar-refractivity contribution < 1.29 is 31.2 Å².